The Bertz CT molecular complexity index is 698. The summed E-state index contributed by atoms with van der Waals surface area (Å²) in [6.45, 7) is 5.94. The van der Waals surface area contributed by atoms with Crippen LogP contribution in [-0.4, -0.2) is 66.2 Å². The molecule has 1 aromatic carbocycles. The van der Waals surface area contributed by atoms with Gasteiger partial charge in [-0.15, -0.1) is 0 Å². The molecule has 1 saturated heterocycles. The number of ether oxygens (including phenoxy) is 1. The number of rotatable bonds is 7. The predicted molar refractivity (Wildman–Crippen MR) is 101 cm³/mol. The maximum atomic E-state index is 11.3. The van der Waals surface area contributed by atoms with Crippen molar-refractivity contribution in [1.29, 1.82) is 0 Å². The second-order valence-corrected chi connectivity index (χ2v) is 6.52. The maximum absolute atomic E-state index is 11.3. The maximum Gasteiger partial charge on any atom is 0.159 e. The van der Waals surface area contributed by atoms with Crippen molar-refractivity contribution in [2.24, 2.45) is 0 Å². The number of ketones is 1. The van der Waals surface area contributed by atoms with Gasteiger partial charge in [0.15, 0.2) is 5.78 Å². The number of hydrogen-bond acceptors (Lipinski definition) is 6. The minimum atomic E-state index is -0.552. The Morgan fingerprint density at radius 1 is 1.15 bits per heavy atom. The largest absolute Gasteiger partial charge is 0.491 e. The van der Waals surface area contributed by atoms with Crippen molar-refractivity contribution in [3.8, 4) is 5.75 Å². The first-order chi connectivity index (χ1) is 12.6. The molecule has 1 aliphatic rings. The quantitative estimate of drug-likeness (QED) is 0.765. The summed E-state index contributed by atoms with van der Waals surface area (Å²) in [4.78, 5) is 20.2. The van der Waals surface area contributed by atoms with Crippen LogP contribution in [0.25, 0.3) is 0 Å². The lowest BCUT2D eigenvalue weighted by Crippen LogP contribution is -2.49. The molecule has 2 aromatic rings. The van der Waals surface area contributed by atoms with Gasteiger partial charge in [-0.3, -0.25) is 9.69 Å². The lowest BCUT2D eigenvalue weighted by atomic mass is 10.1. The number of nitrogens with zero attached hydrogens (tertiary/aromatic N) is 3. The Kier molecular flexibility index (Phi) is 6.20. The Hall–Kier alpha value is -2.44. The fourth-order valence-corrected chi connectivity index (χ4v) is 3.03. The number of pyridine rings is 1. The molecule has 0 spiro atoms. The molecule has 3 rings (SSSR count). The third kappa shape index (κ3) is 5.03. The Labute approximate surface area is 154 Å². The van der Waals surface area contributed by atoms with E-state index in [9.17, 15) is 9.90 Å². The first-order valence-corrected chi connectivity index (χ1v) is 8.92. The van der Waals surface area contributed by atoms with E-state index in [1.807, 2.05) is 24.4 Å². The lowest BCUT2D eigenvalue weighted by molar-refractivity contribution is 0.0662. The topological polar surface area (TPSA) is 65.9 Å². The standard InChI is InChI=1S/C20H25N3O3/c1-16(24)17-5-7-19(8-6-17)26-15-18(25)14-22-10-12-23(13-11-22)20-4-2-3-9-21-20/h2-9,18,25H,10-15H2,1H3/t18-/m0/s1. The number of aliphatic hydroxyl groups is 1. The van der Waals surface area contributed by atoms with Crippen molar-refractivity contribution in [3.63, 3.8) is 0 Å². The van der Waals surface area contributed by atoms with Crippen LogP contribution in [0.15, 0.2) is 48.7 Å². The summed E-state index contributed by atoms with van der Waals surface area (Å²) in [6.07, 6.45) is 1.26. The number of β-amino-alcohol motifs (C(OH)–C–C–N with tert-alkyl or cyclic N) is 1. The zero-order chi connectivity index (χ0) is 18.4. The third-order valence-corrected chi connectivity index (χ3v) is 4.52. The van der Waals surface area contributed by atoms with E-state index in [1.54, 1.807) is 24.3 Å². The fraction of sp³-hybridized carbons (Fsp3) is 0.400. The van der Waals surface area contributed by atoms with Gasteiger partial charge in [0.05, 0.1) is 0 Å². The number of hydrogen-bond donors (Lipinski definition) is 1. The van der Waals surface area contributed by atoms with Crippen molar-refractivity contribution >= 4 is 11.6 Å². The summed E-state index contributed by atoms with van der Waals surface area (Å²) in [5.74, 6) is 1.69. The summed E-state index contributed by atoms with van der Waals surface area (Å²) < 4.78 is 5.63. The van der Waals surface area contributed by atoms with E-state index in [4.69, 9.17) is 4.74 Å². The second-order valence-electron chi connectivity index (χ2n) is 6.52. The predicted octanol–water partition coefficient (Wildman–Crippen LogP) is 1.85. The van der Waals surface area contributed by atoms with Crippen molar-refractivity contribution in [2.45, 2.75) is 13.0 Å². The van der Waals surface area contributed by atoms with Crippen molar-refractivity contribution in [3.05, 3.63) is 54.2 Å². The first-order valence-electron chi connectivity index (χ1n) is 8.92. The van der Waals surface area contributed by atoms with Gasteiger partial charge in [-0.1, -0.05) is 6.07 Å². The van der Waals surface area contributed by atoms with Gasteiger partial charge in [0.2, 0.25) is 0 Å². The highest BCUT2D eigenvalue weighted by Gasteiger charge is 2.20. The van der Waals surface area contributed by atoms with Gasteiger partial charge in [-0.25, -0.2) is 4.98 Å². The first kappa shape index (κ1) is 18.4. The molecule has 1 fully saturated rings. The normalized spacial score (nSPS) is 16.3. The summed E-state index contributed by atoms with van der Waals surface area (Å²) in [5, 5.41) is 10.2. The fourth-order valence-electron chi connectivity index (χ4n) is 3.03. The molecule has 0 radical (unpaired) electrons. The monoisotopic (exact) mass is 355 g/mol. The number of Topliss-reactive ketones (excluding diaryl/α,β-unsaturated/α-hetero) is 1. The lowest BCUT2D eigenvalue weighted by Gasteiger charge is -2.36. The molecule has 0 aliphatic carbocycles. The Balaban J connectivity index is 1.40. The molecule has 0 unspecified atom stereocenters. The molecule has 6 heteroatoms. The minimum absolute atomic E-state index is 0.0291. The molecule has 0 bridgehead atoms. The number of aromatic nitrogens is 1. The Morgan fingerprint density at radius 2 is 1.88 bits per heavy atom. The average molecular weight is 355 g/mol. The SMILES string of the molecule is CC(=O)c1ccc(OC[C@@H](O)CN2CCN(c3ccccn3)CC2)cc1. The van der Waals surface area contributed by atoms with E-state index >= 15 is 0 Å². The number of aliphatic hydroxyl groups excluding tert-OH is 1. The number of anilines is 1. The van der Waals surface area contributed by atoms with Crippen molar-refractivity contribution < 1.29 is 14.6 Å². The van der Waals surface area contributed by atoms with Crippen LogP contribution < -0.4 is 9.64 Å². The molecule has 6 nitrogen and oxygen atoms in total. The smallest absolute Gasteiger partial charge is 0.159 e. The van der Waals surface area contributed by atoms with Crippen LogP contribution in [0.2, 0.25) is 0 Å². The van der Waals surface area contributed by atoms with Gasteiger partial charge in [0, 0.05) is 44.5 Å². The number of piperazine rings is 1. The summed E-state index contributed by atoms with van der Waals surface area (Å²) in [6, 6.07) is 12.9. The van der Waals surface area contributed by atoms with E-state index < -0.39 is 6.10 Å². The molecule has 26 heavy (non-hydrogen) atoms. The second kappa shape index (κ2) is 8.78. The van der Waals surface area contributed by atoms with E-state index in [1.165, 1.54) is 6.92 Å². The van der Waals surface area contributed by atoms with Crippen LogP contribution in [0.3, 0.4) is 0 Å². The summed E-state index contributed by atoms with van der Waals surface area (Å²) in [7, 11) is 0. The number of benzene rings is 1. The number of carbonyl (C=O) groups is 1. The van der Waals surface area contributed by atoms with Gasteiger partial charge >= 0.3 is 0 Å². The van der Waals surface area contributed by atoms with Crippen molar-refractivity contribution in [1.82, 2.24) is 9.88 Å². The van der Waals surface area contributed by atoms with E-state index in [-0.39, 0.29) is 12.4 Å². The summed E-state index contributed by atoms with van der Waals surface area (Å²) >= 11 is 0. The van der Waals surface area contributed by atoms with Gasteiger partial charge in [-0.2, -0.15) is 0 Å². The molecule has 1 atom stereocenters. The molecule has 1 aliphatic heterocycles. The van der Waals surface area contributed by atoms with Crippen LogP contribution >= 0.6 is 0 Å². The number of carbonyl (C=O) groups excluding carboxylic acids is 1. The zero-order valence-electron chi connectivity index (χ0n) is 15.0. The third-order valence-electron chi connectivity index (χ3n) is 4.52. The van der Waals surface area contributed by atoms with Gasteiger partial charge in [-0.05, 0) is 43.3 Å². The van der Waals surface area contributed by atoms with E-state index in [2.05, 4.69) is 14.8 Å². The van der Waals surface area contributed by atoms with Crippen molar-refractivity contribution in [2.75, 3.05) is 44.2 Å². The van der Waals surface area contributed by atoms with E-state index in [0.717, 1.165) is 32.0 Å². The van der Waals surface area contributed by atoms with Crippen LogP contribution in [0.5, 0.6) is 5.75 Å². The molecular weight excluding hydrogens is 330 g/mol. The van der Waals surface area contributed by atoms with Crippen LogP contribution in [0.4, 0.5) is 5.82 Å². The minimum Gasteiger partial charge on any atom is -0.491 e. The highest BCUT2D eigenvalue weighted by molar-refractivity contribution is 5.94. The highest BCUT2D eigenvalue weighted by Crippen LogP contribution is 2.14. The van der Waals surface area contributed by atoms with Gasteiger partial charge in [0.1, 0.15) is 24.3 Å². The van der Waals surface area contributed by atoms with Crippen LogP contribution in [0, 0.1) is 0 Å². The van der Waals surface area contributed by atoms with Crippen LogP contribution in [-0.2, 0) is 0 Å². The zero-order valence-corrected chi connectivity index (χ0v) is 15.0. The average Bonchev–Trinajstić information content (AvgIpc) is 2.68. The molecule has 1 aromatic heterocycles. The van der Waals surface area contributed by atoms with Gasteiger partial charge in [0.25, 0.3) is 0 Å². The van der Waals surface area contributed by atoms with E-state index in [0.29, 0.717) is 17.9 Å². The molecule has 138 valence electrons. The highest BCUT2D eigenvalue weighted by atomic mass is 16.5. The molecule has 2 heterocycles. The molecular formula is C20H25N3O3. The molecule has 0 amide bonds. The van der Waals surface area contributed by atoms with Gasteiger partial charge < -0.3 is 14.7 Å². The Morgan fingerprint density at radius 3 is 2.50 bits per heavy atom. The molecule has 0 saturated carbocycles. The van der Waals surface area contributed by atoms with Crippen LogP contribution in [0.1, 0.15) is 17.3 Å². The summed E-state index contributed by atoms with van der Waals surface area (Å²) in [5.41, 5.74) is 0.656. The molecule has 1 N–H and O–H groups in total.